The lowest BCUT2D eigenvalue weighted by Crippen LogP contribution is -2.34. The van der Waals surface area contributed by atoms with Crippen LogP contribution in [0.2, 0.25) is 5.15 Å². The summed E-state index contributed by atoms with van der Waals surface area (Å²) in [6, 6.07) is 1.72. The monoisotopic (exact) mass is 352 g/mol. The van der Waals surface area contributed by atoms with Crippen LogP contribution in [0.25, 0.3) is 0 Å². The minimum atomic E-state index is -3.03. The molecule has 100 valence electrons. The summed E-state index contributed by atoms with van der Waals surface area (Å²) in [6.45, 7) is 0. The van der Waals surface area contributed by atoms with E-state index in [-0.39, 0.29) is 11.3 Å². The Balaban J connectivity index is 2.21. The fourth-order valence-electron chi connectivity index (χ4n) is 2.33. The van der Waals surface area contributed by atoms with Gasteiger partial charge in [0.15, 0.2) is 15.0 Å². The number of pyridine rings is 1. The van der Waals surface area contributed by atoms with Gasteiger partial charge in [-0.3, -0.25) is 0 Å². The Morgan fingerprint density at radius 2 is 2.22 bits per heavy atom. The Hall–Kier alpha value is -0.330. The van der Waals surface area contributed by atoms with Crippen molar-refractivity contribution in [3.8, 4) is 0 Å². The van der Waals surface area contributed by atoms with Gasteiger partial charge >= 0.3 is 0 Å². The first-order valence-corrected chi connectivity index (χ1v) is 8.77. The molecule has 0 aromatic carbocycles. The minimum Gasteiger partial charge on any atom is -0.378 e. The normalized spacial score (nSPS) is 24.2. The zero-order valence-electron chi connectivity index (χ0n) is 9.86. The number of anilines is 1. The van der Waals surface area contributed by atoms with Gasteiger partial charge in [-0.15, -0.1) is 0 Å². The highest BCUT2D eigenvalue weighted by Gasteiger charge is 2.35. The third kappa shape index (κ3) is 3.16. The van der Waals surface area contributed by atoms with E-state index in [1.54, 1.807) is 6.20 Å². The Kier molecular flexibility index (Phi) is 4.18. The molecule has 7 heteroatoms. The van der Waals surface area contributed by atoms with Gasteiger partial charge in [0.25, 0.3) is 0 Å². The van der Waals surface area contributed by atoms with Crippen LogP contribution in [0.3, 0.4) is 0 Å². The van der Waals surface area contributed by atoms with E-state index in [1.807, 2.05) is 6.07 Å². The fraction of sp³-hybridized carbons (Fsp3) is 0.545. The summed E-state index contributed by atoms with van der Waals surface area (Å²) in [6.07, 6.45) is 5.35. The number of halogens is 2. The van der Waals surface area contributed by atoms with Crippen molar-refractivity contribution in [2.24, 2.45) is 0 Å². The van der Waals surface area contributed by atoms with Gasteiger partial charge in [0, 0.05) is 23.0 Å². The standard InChI is InChI=1S/C11H14BrClN2O2S/c1-18(16,17)10-4-2-3-8(10)15-9-5-7(12)6-14-11(9)13/h5-6,8,10,15H,2-4H2,1H3. The van der Waals surface area contributed by atoms with Crippen molar-refractivity contribution in [1.29, 1.82) is 0 Å². The molecule has 1 aromatic heterocycles. The van der Waals surface area contributed by atoms with E-state index >= 15 is 0 Å². The number of hydrogen-bond donors (Lipinski definition) is 1. The molecular weight excluding hydrogens is 340 g/mol. The lowest BCUT2D eigenvalue weighted by atomic mass is 10.2. The van der Waals surface area contributed by atoms with Crippen LogP contribution in [-0.4, -0.2) is 30.9 Å². The smallest absolute Gasteiger partial charge is 0.152 e. The topological polar surface area (TPSA) is 59.1 Å². The first kappa shape index (κ1) is 14.1. The minimum absolute atomic E-state index is 0.0893. The molecule has 1 aromatic rings. The highest BCUT2D eigenvalue weighted by Crippen LogP contribution is 2.31. The van der Waals surface area contributed by atoms with Crippen LogP contribution in [0.1, 0.15) is 19.3 Å². The quantitative estimate of drug-likeness (QED) is 0.849. The molecule has 4 nitrogen and oxygen atoms in total. The maximum atomic E-state index is 11.7. The van der Waals surface area contributed by atoms with Crippen molar-refractivity contribution in [2.75, 3.05) is 11.6 Å². The number of nitrogens with one attached hydrogen (secondary N) is 1. The molecule has 18 heavy (non-hydrogen) atoms. The fourth-order valence-corrected chi connectivity index (χ4v) is 4.21. The van der Waals surface area contributed by atoms with Crippen molar-refractivity contribution in [2.45, 2.75) is 30.6 Å². The van der Waals surface area contributed by atoms with Crippen molar-refractivity contribution < 1.29 is 8.42 Å². The molecule has 2 atom stereocenters. The van der Waals surface area contributed by atoms with Crippen LogP contribution < -0.4 is 5.32 Å². The summed E-state index contributed by atoms with van der Waals surface area (Å²) in [5.74, 6) is 0. The molecule has 0 aliphatic heterocycles. The van der Waals surface area contributed by atoms with Crippen LogP contribution in [0.4, 0.5) is 5.69 Å². The second kappa shape index (κ2) is 5.35. The maximum Gasteiger partial charge on any atom is 0.152 e. The van der Waals surface area contributed by atoms with Gasteiger partial charge in [0.2, 0.25) is 0 Å². The molecule has 0 radical (unpaired) electrons. The number of aromatic nitrogens is 1. The predicted molar refractivity (Wildman–Crippen MR) is 76.8 cm³/mol. The maximum absolute atomic E-state index is 11.7. The second-order valence-corrected chi connectivity index (χ2v) is 8.08. The SMILES string of the molecule is CS(=O)(=O)C1CCCC1Nc1cc(Br)cnc1Cl. The molecule has 0 spiro atoms. The Labute approximate surface area is 120 Å². The Bertz CT molecular complexity index is 550. The molecule has 1 N–H and O–H groups in total. The molecule has 1 heterocycles. The van der Waals surface area contributed by atoms with Crippen molar-refractivity contribution in [3.05, 3.63) is 21.9 Å². The number of nitrogens with zero attached hydrogens (tertiary/aromatic N) is 1. The highest BCUT2D eigenvalue weighted by molar-refractivity contribution is 9.10. The van der Waals surface area contributed by atoms with E-state index in [0.717, 1.165) is 17.3 Å². The van der Waals surface area contributed by atoms with E-state index in [0.29, 0.717) is 17.3 Å². The number of rotatable bonds is 3. The van der Waals surface area contributed by atoms with Crippen LogP contribution in [0.15, 0.2) is 16.7 Å². The largest absolute Gasteiger partial charge is 0.378 e. The summed E-state index contributed by atoms with van der Waals surface area (Å²) >= 11 is 9.31. The molecule has 2 unspecified atom stereocenters. The van der Waals surface area contributed by atoms with E-state index in [4.69, 9.17) is 11.6 Å². The van der Waals surface area contributed by atoms with Gasteiger partial charge in [-0.1, -0.05) is 11.6 Å². The zero-order chi connectivity index (χ0) is 13.3. The van der Waals surface area contributed by atoms with Gasteiger partial charge in [-0.05, 0) is 41.3 Å². The van der Waals surface area contributed by atoms with Gasteiger partial charge in [0.05, 0.1) is 10.9 Å². The Morgan fingerprint density at radius 3 is 2.89 bits per heavy atom. The van der Waals surface area contributed by atoms with Gasteiger partial charge < -0.3 is 5.32 Å². The Morgan fingerprint density at radius 1 is 1.50 bits per heavy atom. The van der Waals surface area contributed by atoms with Crippen LogP contribution in [0.5, 0.6) is 0 Å². The average Bonchev–Trinajstić information content (AvgIpc) is 2.71. The summed E-state index contributed by atoms with van der Waals surface area (Å²) in [5.41, 5.74) is 0.673. The first-order valence-electron chi connectivity index (χ1n) is 5.64. The molecule has 1 aliphatic rings. The van der Waals surface area contributed by atoms with Crippen LogP contribution >= 0.6 is 27.5 Å². The molecule has 0 amide bonds. The van der Waals surface area contributed by atoms with Crippen LogP contribution in [0, 0.1) is 0 Å². The van der Waals surface area contributed by atoms with Gasteiger partial charge in [0.1, 0.15) is 0 Å². The van der Waals surface area contributed by atoms with Gasteiger partial charge in [-0.25, -0.2) is 13.4 Å². The van der Waals surface area contributed by atoms with Crippen LogP contribution in [-0.2, 0) is 9.84 Å². The number of sulfone groups is 1. The van der Waals surface area contributed by atoms with Crippen molar-refractivity contribution in [3.63, 3.8) is 0 Å². The molecule has 0 saturated heterocycles. The molecule has 1 saturated carbocycles. The van der Waals surface area contributed by atoms with E-state index in [2.05, 4.69) is 26.2 Å². The summed E-state index contributed by atoms with van der Waals surface area (Å²) < 4.78 is 24.2. The third-order valence-corrected chi connectivity index (χ3v) is 5.55. The molecule has 1 aliphatic carbocycles. The predicted octanol–water partition coefficient (Wildman–Crippen LogP) is 2.88. The lowest BCUT2D eigenvalue weighted by molar-refractivity contribution is 0.579. The zero-order valence-corrected chi connectivity index (χ0v) is 13.0. The van der Waals surface area contributed by atoms with E-state index in [1.165, 1.54) is 6.26 Å². The molecule has 0 bridgehead atoms. The molecular formula is C11H14BrClN2O2S. The summed E-state index contributed by atoms with van der Waals surface area (Å²) in [5, 5.41) is 3.22. The average molecular weight is 354 g/mol. The van der Waals surface area contributed by atoms with E-state index < -0.39 is 9.84 Å². The van der Waals surface area contributed by atoms with E-state index in [9.17, 15) is 8.42 Å². The highest BCUT2D eigenvalue weighted by atomic mass is 79.9. The first-order chi connectivity index (χ1) is 8.38. The lowest BCUT2D eigenvalue weighted by Gasteiger charge is -2.21. The third-order valence-electron chi connectivity index (χ3n) is 3.15. The van der Waals surface area contributed by atoms with Gasteiger partial charge in [-0.2, -0.15) is 0 Å². The van der Waals surface area contributed by atoms with Crippen molar-refractivity contribution >= 4 is 43.1 Å². The second-order valence-electron chi connectivity index (χ2n) is 4.54. The molecule has 2 rings (SSSR count). The van der Waals surface area contributed by atoms with Crippen molar-refractivity contribution in [1.82, 2.24) is 4.98 Å². The summed E-state index contributed by atoms with van der Waals surface area (Å²) in [4.78, 5) is 4.01. The number of hydrogen-bond acceptors (Lipinski definition) is 4. The molecule has 1 fully saturated rings. The summed E-state index contributed by atoms with van der Waals surface area (Å²) in [7, 11) is -3.03.